The second-order valence-electron chi connectivity index (χ2n) is 5.64. The molecule has 0 bridgehead atoms. The quantitative estimate of drug-likeness (QED) is 0.540. The van der Waals surface area contributed by atoms with E-state index in [1.807, 2.05) is 48.5 Å². The largest absolute Gasteiger partial charge is 0.289 e. The van der Waals surface area contributed by atoms with Crippen LogP contribution in [-0.2, 0) is 0 Å². The summed E-state index contributed by atoms with van der Waals surface area (Å²) in [5.41, 5.74) is 4.25. The Balaban J connectivity index is 1.93. The average molecular weight is 276 g/mol. The van der Waals surface area contributed by atoms with E-state index in [4.69, 9.17) is 0 Å². The minimum atomic E-state index is 0.145. The van der Waals surface area contributed by atoms with Gasteiger partial charge in [-0.15, -0.1) is 0 Å². The van der Waals surface area contributed by atoms with Gasteiger partial charge in [0.2, 0.25) is 0 Å². The van der Waals surface area contributed by atoms with Gasteiger partial charge in [0.05, 0.1) is 0 Å². The Morgan fingerprint density at radius 3 is 2.24 bits per heavy atom. The van der Waals surface area contributed by atoms with Crippen molar-refractivity contribution in [3.05, 3.63) is 71.8 Å². The van der Waals surface area contributed by atoms with E-state index < -0.39 is 0 Å². The van der Waals surface area contributed by atoms with Crippen LogP contribution in [0.3, 0.4) is 0 Å². The molecule has 0 aliphatic heterocycles. The van der Waals surface area contributed by atoms with Crippen molar-refractivity contribution in [2.75, 3.05) is 0 Å². The number of allylic oxidation sites excluding steroid dienone is 2. The molecule has 0 amide bonds. The minimum Gasteiger partial charge on any atom is -0.289 e. The SMILES string of the molecule is O=C(C=C1CCCCC1)c1ccccc1-c1ccccc1. The Labute approximate surface area is 126 Å². The zero-order valence-corrected chi connectivity index (χ0v) is 12.2. The number of ketones is 1. The number of carbonyl (C=O) groups excluding carboxylic acids is 1. The molecule has 0 spiro atoms. The topological polar surface area (TPSA) is 17.1 Å². The summed E-state index contributed by atoms with van der Waals surface area (Å²) < 4.78 is 0. The van der Waals surface area contributed by atoms with Crippen LogP contribution < -0.4 is 0 Å². The van der Waals surface area contributed by atoms with Gasteiger partial charge in [-0.2, -0.15) is 0 Å². The van der Waals surface area contributed by atoms with Crippen molar-refractivity contribution in [1.82, 2.24) is 0 Å². The number of benzene rings is 2. The first-order valence-corrected chi connectivity index (χ1v) is 7.73. The van der Waals surface area contributed by atoms with Crippen LogP contribution in [-0.4, -0.2) is 5.78 Å². The maximum atomic E-state index is 12.6. The summed E-state index contributed by atoms with van der Waals surface area (Å²) in [5, 5.41) is 0. The van der Waals surface area contributed by atoms with Gasteiger partial charge in [-0.3, -0.25) is 4.79 Å². The molecule has 1 aliphatic carbocycles. The highest BCUT2D eigenvalue weighted by atomic mass is 16.1. The van der Waals surface area contributed by atoms with E-state index in [1.165, 1.54) is 24.8 Å². The van der Waals surface area contributed by atoms with Crippen molar-refractivity contribution in [2.24, 2.45) is 0 Å². The molecule has 0 heterocycles. The van der Waals surface area contributed by atoms with Gasteiger partial charge in [-0.1, -0.05) is 66.6 Å². The first kappa shape index (κ1) is 13.8. The molecule has 106 valence electrons. The summed E-state index contributed by atoms with van der Waals surface area (Å²) in [5.74, 6) is 0.145. The highest BCUT2D eigenvalue weighted by Crippen LogP contribution is 2.27. The Morgan fingerprint density at radius 2 is 1.48 bits per heavy atom. The Bertz CT molecular complexity index is 645. The average Bonchev–Trinajstić information content (AvgIpc) is 2.56. The molecule has 1 fully saturated rings. The van der Waals surface area contributed by atoms with Gasteiger partial charge in [-0.05, 0) is 42.9 Å². The van der Waals surface area contributed by atoms with Gasteiger partial charge in [0.1, 0.15) is 0 Å². The van der Waals surface area contributed by atoms with Crippen LogP contribution in [0.15, 0.2) is 66.2 Å². The van der Waals surface area contributed by atoms with Crippen LogP contribution in [0, 0.1) is 0 Å². The van der Waals surface area contributed by atoms with E-state index in [1.54, 1.807) is 0 Å². The predicted molar refractivity (Wildman–Crippen MR) is 87.4 cm³/mol. The number of carbonyl (C=O) groups is 1. The van der Waals surface area contributed by atoms with E-state index in [0.29, 0.717) is 0 Å². The van der Waals surface area contributed by atoms with Crippen LogP contribution in [0.4, 0.5) is 0 Å². The Kier molecular flexibility index (Phi) is 4.30. The molecule has 0 N–H and O–H groups in total. The van der Waals surface area contributed by atoms with Crippen molar-refractivity contribution < 1.29 is 4.79 Å². The smallest absolute Gasteiger partial charge is 0.186 e. The van der Waals surface area contributed by atoms with Gasteiger partial charge >= 0.3 is 0 Å². The monoisotopic (exact) mass is 276 g/mol. The van der Waals surface area contributed by atoms with Gasteiger partial charge in [0.25, 0.3) is 0 Å². The van der Waals surface area contributed by atoms with Crippen LogP contribution in [0.1, 0.15) is 42.5 Å². The lowest BCUT2D eigenvalue weighted by molar-refractivity contribution is 0.104. The molecule has 2 aromatic carbocycles. The molecule has 0 unspecified atom stereocenters. The van der Waals surface area contributed by atoms with Crippen LogP contribution >= 0.6 is 0 Å². The molecule has 3 rings (SSSR count). The number of hydrogen-bond donors (Lipinski definition) is 0. The minimum absolute atomic E-state index is 0.145. The summed E-state index contributed by atoms with van der Waals surface area (Å²) in [6.07, 6.45) is 7.78. The molecule has 1 saturated carbocycles. The highest BCUT2D eigenvalue weighted by molar-refractivity contribution is 6.09. The molecule has 1 heteroatoms. The Hall–Kier alpha value is -2.15. The third-order valence-corrected chi connectivity index (χ3v) is 4.11. The highest BCUT2D eigenvalue weighted by Gasteiger charge is 2.12. The van der Waals surface area contributed by atoms with Crippen molar-refractivity contribution in [2.45, 2.75) is 32.1 Å². The fourth-order valence-corrected chi connectivity index (χ4v) is 2.98. The normalized spacial score (nSPS) is 14.8. The summed E-state index contributed by atoms with van der Waals surface area (Å²) in [7, 11) is 0. The molecule has 21 heavy (non-hydrogen) atoms. The van der Waals surface area contributed by atoms with E-state index >= 15 is 0 Å². The van der Waals surface area contributed by atoms with Crippen molar-refractivity contribution in [3.8, 4) is 11.1 Å². The van der Waals surface area contributed by atoms with E-state index in [-0.39, 0.29) is 5.78 Å². The van der Waals surface area contributed by atoms with Crippen molar-refractivity contribution in [3.63, 3.8) is 0 Å². The fourth-order valence-electron chi connectivity index (χ4n) is 2.98. The Morgan fingerprint density at radius 1 is 0.810 bits per heavy atom. The summed E-state index contributed by atoms with van der Waals surface area (Å²) in [4.78, 5) is 12.6. The van der Waals surface area contributed by atoms with Gasteiger partial charge in [0, 0.05) is 5.56 Å². The summed E-state index contributed by atoms with van der Waals surface area (Å²) in [6.45, 7) is 0. The second-order valence-corrected chi connectivity index (χ2v) is 5.64. The molecule has 0 atom stereocenters. The summed E-state index contributed by atoms with van der Waals surface area (Å²) in [6, 6.07) is 18.0. The van der Waals surface area contributed by atoms with Crippen LogP contribution in [0.25, 0.3) is 11.1 Å². The second kappa shape index (κ2) is 6.53. The first-order chi connectivity index (χ1) is 10.3. The molecular weight excluding hydrogens is 256 g/mol. The zero-order chi connectivity index (χ0) is 14.5. The van der Waals surface area contributed by atoms with Crippen LogP contribution in [0.2, 0.25) is 0 Å². The van der Waals surface area contributed by atoms with E-state index in [0.717, 1.165) is 29.5 Å². The molecule has 0 aromatic heterocycles. The summed E-state index contributed by atoms with van der Waals surface area (Å²) >= 11 is 0. The van der Waals surface area contributed by atoms with Gasteiger partial charge in [-0.25, -0.2) is 0 Å². The third kappa shape index (κ3) is 3.30. The molecular formula is C20H20O. The molecule has 2 aromatic rings. The lowest BCUT2D eigenvalue weighted by Gasteiger charge is -2.13. The maximum Gasteiger partial charge on any atom is 0.186 e. The number of rotatable bonds is 3. The standard InChI is InChI=1S/C20H20O/c21-20(15-16-9-3-1-4-10-16)19-14-8-7-13-18(19)17-11-5-2-6-12-17/h2,5-8,11-15H,1,3-4,9-10H2. The van der Waals surface area contributed by atoms with Crippen molar-refractivity contribution in [1.29, 1.82) is 0 Å². The third-order valence-electron chi connectivity index (χ3n) is 4.11. The maximum absolute atomic E-state index is 12.6. The predicted octanol–water partition coefficient (Wildman–Crippen LogP) is 5.43. The first-order valence-electron chi connectivity index (χ1n) is 7.73. The van der Waals surface area contributed by atoms with Crippen LogP contribution in [0.5, 0.6) is 0 Å². The van der Waals surface area contributed by atoms with E-state index in [9.17, 15) is 4.79 Å². The molecule has 1 nitrogen and oxygen atoms in total. The van der Waals surface area contributed by atoms with E-state index in [2.05, 4.69) is 12.1 Å². The molecule has 0 radical (unpaired) electrons. The van der Waals surface area contributed by atoms with Gasteiger partial charge < -0.3 is 0 Å². The lowest BCUT2D eigenvalue weighted by Crippen LogP contribution is -2.02. The zero-order valence-electron chi connectivity index (χ0n) is 12.2. The van der Waals surface area contributed by atoms with Gasteiger partial charge in [0.15, 0.2) is 5.78 Å². The lowest BCUT2D eigenvalue weighted by atomic mass is 9.91. The molecule has 0 saturated heterocycles. The number of hydrogen-bond acceptors (Lipinski definition) is 1. The molecule has 1 aliphatic rings. The fraction of sp³-hybridized carbons (Fsp3) is 0.250. The van der Waals surface area contributed by atoms with Crippen molar-refractivity contribution >= 4 is 5.78 Å².